The summed E-state index contributed by atoms with van der Waals surface area (Å²) in [6.45, 7) is 1.23. The second-order valence-electron chi connectivity index (χ2n) is 5.09. The summed E-state index contributed by atoms with van der Waals surface area (Å²) in [5.74, 6) is -1.74. The molecular formula is C15H15FN2O4S2. The van der Waals surface area contributed by atoms with E-state index >= 15 is 0 Å². The molecule has 1 heterocycles. The summed E-state index contributed by atoms with van der Waals surface area (Å²) >= 11 is 1.16. The van der Waals surface area contributed by atoms with Gasteiger partial charge in [-0.1, -0.05) is 12.1 Å². The number of thiophene rings is 1. The van der Waals surface area contributed by atoms with Crippen molar-refractivity contribution in [2.45, 2.75) is 12.2 Å². The first-order valence-electron chi connectivity index (χ1n) is 6.83. The third-order valence-electron chi connectivity index (χ3n) is 3.27. The number of benzene rings is 1. The number of nitrogens with one attached hydrogen (secondary N) is 2. The van der Waals surface area contributed by atoms with Gasteiger partial charge in [-0.25, -0.2) is 12.8 Å². The Labute approximate surface area is 142 Å². The zero-order valence-corrected chi connectivity index (χ0v) is 14.5. The number of amides is 2. The summed E-state index contributed by atoms with van der Waals surface area (Å²) < 4.78 is 35.5. The summed E-state index contributed by atoms with van der Waals surface area (Å²) in [5.41, 5.74) is 5.02. The molecular weight excluding hydrogens is 355 g/mol. The van der Waals surface area contributed by atoms with E-state index in [9.17, 15) is 22.4 Å². The molecule has 0 spiro atoms. The zero-order valence-electron chi connectivity index (χ0n) is 12.9. The van der Waals surface area contributed by atoms with Gasteiger partial charge in [0.1, 0.15) is 11.1 Å². The highest BCUT2D eigenvalue weighted by Gasteiger charge is 2.24. The van der Waals surface area contributed by atoms with Gasteiger partial charge >= 0.3 is 0 Å². The Morgan fingerprint density at radius 3 is 2.29 bits per heavy atom. The standard InChI is InChI=1S/C15H15FN2O4S2/c1-9(24(2,21)22)14(19)17-18-15(20)13-8-7-12(23-13)10-3-5-11(16)6-4-10/h3-9H,1-2H3,(H,17,19)(H,18,20)/t9-/m0/s1. The molecule has 0 fully saturated rings. The van der Waals surface area contributed by atoms with Crippen LogP contribution in [0.5, 0.6) is 0 Å². The van der Waals surface area contributed by atoms with Crippen LogP contribution in [-0.2, 0) is 14.6 Å². The molecule has 1 aromatic heterocycles. The smallest absolute Gasteiger partial charge is 0.272 e. The third-order valence-corrected chi connectivity index (χ3v) is 5.90. The Bertz CT molecular complexity index is 860. The Hall–Kier alpha value is -2.26. The quantitative estimate of drug-likeness (QED) is 0.802. The Balaban J connectivity index is 2.01. The van der Waals surface area contributed by atoms with Crippen molar-refractivity contribution < 1.29 is 22.4 Å². The lowest BCUT2D eigenvalue weighted by Crippen LogP contribution is -2.47. The van der Waals surface area contributed by atoms with Crippen molar-refractivity contribution in [3.63, 3.8) is 0 Å². The minimum atomic E-state index is -3.54. The molecule has 0 saturated heterocycles. The number of carbonyl (C=O) groups is 2. The second kappa shape index (κ2) is 7.10. The molecule has 0 saturated carbocycles. The van der Waals surface area contributed by atoms with E-state index in [4.69, 9.17) is 0 Å². The predicted molar refractivity (Wildman–Crippen MR) is 89.6 cm³/mol. The molecule has 0 radical (unpaired) electrons. The largest absolute Gasteiger partial charge is 0.279 e. The van der Waals surface area contributed by atoms with E-state index in [1.54, 1.807) is 24.3 Å². The topological polar surface area (TPSA) is 92.3 Å². The van der Waals surface area contributed by atoms with E-state index in [0.29, 0.717) is 4.88 Å². The van der Waals surface area contributed by atoms with Gasteiger partial charge < -0.3 is 0 Å². The van der Waals surface area contributed by atoms with Crippen molar-refractivity contribution in [1.29, 1.82) is 0 Å². The Kier molecular flexibility index (Phi) is 5.35. The van der Waals surface area contributed by atoms with Crippen molar-refractivity contribution in [1.82, 2.24) is 10.9 Å². The van der Waals surface area contributed by atoms with Crippen LogP contribution >= 0.6 is 11.3 Å². The van der Waals surface area contributed by atoms with Crippen LogP contribution in [0.1, 0.15) is 16.6 Å². The highest BCUT2D eigenvalue weighted by molar-refractivity contribution is 7.92. The molecule has 24 heavy (non-hydrogen) atoms. The van der Waals surface area contributed by atoms with E-state index < -0.39 is 26.9 Å². The van der Waals surface area contributed by atoms with E-state index in [1.165, 1.54) is 19.1 Å². The molecule has 2 amide bonds. The number of rotatable bonds is 4. The maximum atomic E-state index is 12.9. The predicted octanol–water partition coefficient (Wildman–Crippen LogP) is 1.75. The number of halogens is 1. The molecule has 2 N–H and O–H groups in total. The summed E-state index contributed by atoms with van der Waals surface area (Å²) in [4.78, 5) is 24.7. The van der Waals surface area contributed by atoms with Gasteiger partial charge in [0, 0.05) is 11.1 Å². The van der Waals surface area contributed by atoms with Crippen molar-refractivity contribution in [3.8, 4) is 10.4 Å². The van der Waals surface area contributed by atoms with Gasteiger partial charge in [0.2, 0.25) is 0 Å². The molecule has 0 aliphatic heterocycles. The molecule has 6 nitrogen and oxygen atoms in total. The molecule has 2 rings (SSSR count). The van der Waals surface area contributed by atoms with Crippen LogP contribution in [0.15, 0.2) is 36.4 Å². The molecule has 0 unspecified atom stereocenters. The van der Waals surface area contributed by atoms with E-state index in [-0.39, 0.29) is 5.82 Å². The molecule has 1 atom stereocenters. The molecule has 128 valence electrons. The zero-order chi connectivity index (χ0) is 17.9. The van der Waals surface area contributed by atoms with Gasteiger partial charge in [0.15, 0.2) is 9.84 Å². The lowest BCUT2D eigenvalue weighted by atomic mass is 10.2. The van der Waals surface area contributed by atoms with Crippen molar-refractivity contribution in [2.75, 3.05) is 6.26 Å². The first kappa shape index (κ1) is 18.1. The number of sulfone groups is 1. The van der Waals surface area contributed by atoms with Gasteiger partial charge in [-0.2, -0.15) is 0 Å². The van der Waals surface area contributed by atoms with Crippen LogP contribution in [0, 0.1) is 5.82 Å². The minimum Gasteiger partial charge on any atom is -0.272 e. The van der Waals surface area contributed by atoms with Crippen LogP contribution in [0.25, 0.3) is 10.4 Å². The van der Waals surface area contributed by atoms with Gasteiger partial charge in [0.25, 0.3) is 11.8 Å². The first-order chi connectivity index (χ1) is 11.2. The average molecular weight is 370 g/mol. The van der Waals surface area contributed by atoms with Crippen molar-refractivity contribution >= 4 is 33.0 Å². The number of hydrogen-bond donors (Lipinski definition) is 2. The SMILES string of the molecule is C[C@@H](C(=O)NNC(=O)c1ccc(-c2ccc(F)cc2)s1)S(C)(=O)=O. The van der Waals surface area contributed by atoms with Crippen LogP contribution in [0.3, 0.4) is 0 Å². The average Bonchev–Trinajstić information content (AvgIpc) is 3.01. The number of carbonyl (C=O) groups excluding carboxylic acids is 2. The molecule has 2 aromatic rings. The fourth-order valence-electron chi connectivity index (χ4n) is 1.71. The lowest BCUT2D eigenvalue weighted by molar-refractivity contribution is -0.121. The van der Waals surface area contributed by atoms with Gasteiger partial charge in [-0.15, -0.1) is 11.3 Å². The van der Waals surface area contributed by atoms with E-state index in [1.807, 2.05) is 0 Å². The first-order valence-corrected chi connectivity index (χ1v) is 9.60. The highest BCUT2D eigenvalue weighted by Crippen LogP contribution is 2.28. The molecule has 1 aromatic carbocycles. The van der Waals surface area contributed by atoms with Crippen molar-refractivity contribution in [2.24, 2.45) is 0 Å². The second-order valence-corrected chi connectivity index (χ2v) is 8.54. The van der Waals surface area contributed by atoms with Crippen molar-refractivity contribution in [3.05, 3.63) is 47.1 Å². The van der Waals surface area contributed by atoms with Gasteiger partial charge in [0.05, 0.1) is 4.88 Å². The molecule has 0 aliphatic carbocycles. The van der Waals surface area contributed by atoms with Crippen LogP contribution in [-0.4, -0.2) is 31.7 Å². The normalized spacial score (nSPS) is 12.5. The monoisotopic (exact) mass is 370 g/mol. The number of hydrazine groups is 1. The summed E-state index contributed by atoms with van der Waals surface area (Å²) in [5, 5.41) is -1.27. The van der Waals surface area contributed by atoms with Crippen LogP contribution in [0.2, 0.25) is 0 Å². The summed E-state index contributed by atoms with van der Waals surface area (Å²) in [6.07, 6.45) is 0.938. The third kappa shape index (κ3) is 4.39. The molecule has 0 aliphatic rings. The maximum Gasteiger partial charge on any atom is 0.279 e. The Morgan fingerprint density at radius 1 is 1.08 bits per heavy atom. The fraction of sp³-hybridized carbons (Fsp3) is 0.200. The summed E-state index contributed by atoms with van der Waals surface area (Å²) in [7, 11) is -3.54. The van der Waals surface area contributed by atoms with Crippen LogP contribution < -0.4 is 10.9 Å². The van der Waals surface area contributed by atoms with Gasteiger partial charge in [-0.05, 0) is 36.8 Å². The van der Waals surface area contributed by atoms with Gasteiger partial charge in [-0.3, -0.25) is 20.4 Å². The van der Waals surface area contributed by atoms with E-state index in [0.717, 1.165) is 28.0 Å². The molecule has 9 heteroatoms. The van der Waals surface area contributed by atoms with E-state index in [2.05, 4.69) is 10.9 Å². The highest BCUT2D eigenvalue weighted by atomic mass is 32.2. The lowest BCUT2D eigenvalue weighted by Gasteiger charge is -2.10. The maximum absolute atomic E-state index is 12.9. The number of hydrogen-bond acceptors (Lipinski definition) is 5. The Morgan fingerprint density at radius 2 is 1.71 bits per heavy atom. The summed E-state index contributed by atoms with van der Waals surface area (Å²) in [6, 6.07) is 9.10. The van der Waals surface area contributed by atoms with Crippen LogP contribution in [0.4, 0.5) is 4.39 Å². The molecule has 0 bridgehead atoms. The fourth-order valence-corrected chi connectivity index (χ4v) is 3.06. The minimum absolute atomic E-state index is 0.321.